The van der Waals surface area contributed by atoms with Crippen molar-refractivity contribution in [2.24, 2.45) is 0 Å². The summed E-state index contributed by atoms with van der Waals surface area (Å²) in [5.41, 5.74) is 0.651. The van der Waals surface area contributed by atoms with Crippen molar-refractivity contribution < 1.29 is 14.5 Å². The van der Waals surface area contributed by atoms with Crippen LogP contribution >= 0.6 is 22.6 Å². The van der Waals surface area contributed by atoms with Gasteiger partial charge < -0.3 is 10.1 Å². The summed E-state index contributed by atoms with van der Waals surface area (Å²) in [5.74, 6) is 0.0849. The fourth-order valence-corrected chi connectivity index (χ4v) is 2.79. The van der Waals surface area contributed by atoms with Crippen molar-refractivity contribution >= 4 is 45.9 Å². The molecule has 0 aromatic heterocycles. The highest BCUT2D eigenvalue weighted by atomic mass is 127. The maximum Gasteiger partial charge on any atom is 0.271 e. The van der Waals surface area contributed by atoms with Crippen LogP contribution in [0.5, 0.6) is 5.75 Å². The topological polar surface area (TPSA) is 105 Å². The second-order valence-electron chi connectivity index (χ2n) is 5.05. The number of non-ortho nitro benzene ring substituents is 1. The van der Waals surface area contributed by atoms with Crippen LogP contribution < -0.4 is 10.1 Å². The molecule has 0 heterocycles. The second kappa shape index (κ2) is 8.96. The SMILES string of the molecule is CCOc1ccc(/C=C(\C#N)C(=O)Nc2cccc([N+](=O)[O-])c2)cc1I. The van der Waals surface area contributed by atoms with E-state index in [2.05, 4.69) is 27.9 Å². The minimum atomic E-state index is -0.642. The summed E-state index contributed by atoms with van der Waals surface area (Å²) in [7, 11) is 0. The Kier molecular flexibility index (Phi) is 6.68. The molecule has 0 spiro atoms. The molecule has 2 aromatic carbocycles. The van der Waals surface area contributed by atoms with Gasteiger partial charge in [0, 0.05) is 17.8 Å². The maximum absolute atomic E-state index is 12.3. The van der Waals surface area contributed by atoms with Gasteiger partial charge in [-0.05, 0) is 59.4 Å². The number of hydrogen-bond donors (Lipinski definition) is 1. The number of nitrogens with one attached hydrogen (secondary N) is 1. The monoisotopic (exact) mass is 463 g/mol. The molecule has 0 aliphatic carbocycles. The summed E-state index contributed by atoms with van der Waals surface area (Å²) >= 11 is 2.11. The van der Waals surface area contributed by atoms with Gasteiger partial charge in [-0.25, -0.2) is 0 Å². The number of amides is 1. The van der Waals surface area contributed by atoms with Crippen molar-refractivity contribution in [3.05, 3.63) is 67.3 Å². The third-order valence-electron chi connectivity index (χ3n) is 3.25. The zero-order valence-electron chi connectivity index (χ0n) is 13.7. The van der Waals surface area contributed by atoms with Crippen LogP contribution in [0.25, 0.3) is 6.08 Å². The fraction of sp³-hybridized carbons (Fsp3) is 0.111. The first-order valence-electron chi connectivity index (χ1n) is 7.54. The van der Waals surface area contributed by atoms with Crippen LogP contribution in [-0.4, -0.2) is 17.4 Å². The Morgan fingerprint density at radius 1 is 1.38 bits per heavy atom. The molecule has 0 bridgehead atoms. The molecule has 0 saturated heterocycles. The molecule has 0 unspecified atom stereocenters. The van der Waals surface area contributed by atoms with Gasteiger partial charge in [0.05, 0.1) is 15.1 Å². The van der Waals surface area contributed by atoms with Gasteiger partial charge in [-0.2, -0.15) is 5.26 Å². The van der Waals surface area contributed by atoms with Gasteiger partial charge in [0.1, 0.15) is 17.4 Å². The highest BCUT2D eigenvalue weighted by Gasteiger charge is 2.12. The van der Waals surface area contributed by atoms with E-state index in [1.165, 1.54) is 30.3 Å². The van der Waals surface area contributed by atoms with Crippen LogP contribution in [0.4, 0.5) is 11.4 Å². The number of rotatable bonds is 6. The Labute approximate surface area is 163 Å². The molecule has 0 aliphatic heterocycles. The Balaban J connectivity index is 2.22. The number of carbonyl (C=O) groups excluding carboxylic acids is 1. The zero-order chi connectivity index (χ0) is 19.1. The number of anilines is 1. The molecule has 2 rings (SSSR count). The Hall–Kier alpha value is -2.93. The molecule has 0 radical (unpaired) electrons. The molecule has 7 nitrogen and oxygen atoms in total. The number of hydrogen-bond acceptors (Lipinski definition) is 5. The van der Waals surface area contributed by atoms with E-state index in [1.54, 1.807) is 18.2 Å². The lowest BCUT2D eigenvalue weighted by molar-refractivity contribution is -0.384. The summed E-state index contributed by atoms with van der Waals surface area (Å²) in [5, 5.41) is 22.6. The van der Waals surface area contributed by atoms with Gasteiger partial charge >= 0.3 is 0 Å². The smallest absolute Gasteiger partial charge is 0.271 e. The molecule has 132 valence electrons. The third-order valence-corrected chi connectivity index (χ3v) is 4.09. The summed E-state index contributed by atoms with van der Waals surface area (Å²) < 4.78 is 6.31. The van der Waals surface area contributed by atoms with Crippen molar-refractivity contribution in [3.63, 3.8) is 0 Å². The molecule has 26 heavy (non-hydrogen) atoms. The largest absolute Gasteiger partial charge is 0.493 e. The molecule has 2 aromatic rings. The van der Waals surface area contributed by atoms with Crippen molar-refractivity contribution in [2.75, 3.05) is 11.9 Å². The maximum atomic E-state index is 12.3. The van der Waals surface area contributed by atoms with E-state index in [-0.39, 0.29) is 16.9 Å². The Morgan fingerprint density at radius 3 is 2.77 bits per heavy atom. The lowest BCUT2D eigenvalue weighted by Crippen LogP contribution is -2.13. The highest BCUT2D eigenvalue weighted by molar-refractivity contribution is 14.1. The van der Waals surface area contributed by atoms with E-state index in [1.807, 2.05) is 13.0 Å². The summed E-state index contributed by atoms with van der Waals surface area (Å²) in [6.07, 6.45) is 1.45. The van der Waals surface area contributed by atoms with Crippen LogP contribution in [0, 0.1) is 25.0 Å². The van der Waals surface area contributed by atoms with Crippen molar-refractivity contribution in [2.45, 2.75) is 6.92 Å². The van der Waals surface area contributed by atoms with Crippen LogP contribution in [0.2, 0.25) is 0 Å². The number of nitro groups is 1. The van der Waals surface area contributed by atoms with E-state index in [0.717, 1.165) is 9.32 Å². The first-order valence-corrected chi connectivity index (χ1v) is 8.62. The van der Waals surface area contributed by atoms with Gasteiger partial charge in [0.15, 0.2) is 0 Å². The summed E-state index contributed by atoms with van der Waals surface area (Å²) in [4.78, 5) is 22.5. The minimum Gasteiger partial charge on any atom is -0.493 e. The number of nitriles is 1. The second-order valence-corrected chi connectivity index (χ2v) is 6.22. The molecular formula is C18H14IN3O4. The Morgan fingerprint density at radius 2 is 2.15 bits per heavy atom. The number of nitrogens with zero attached hydrogens (tertiary/aromatic N) is 2. The van der Waals surface area contributed by atoms with Crippen molar-refractivity contribution in [3.8, 4) is 11.8 Å². The predicted octanol–water partition coefficient (Wildman–Crippen LogP) is 4.14. The van der Waals surface area contributed by atoms with E-state index in [9.17, 15) is 20.2 Å². The van der Waals surface area contributed by atoms with Crippen LogP contribution in [0.15, 0.2) is 48.0 Å². The molecule has 0 fully saturated rings. The highest BCUT2D eigenvalue weighted by Crippen LogP contribution is 2.24. The van der Waals surface area contributed by atoms with Crippen molar-refractivity contribution in [1.82, 2.24) is 0 Å². The number of halogens is 1. The van der Waals surface area contributed by atoms with Gasteiger partial charge in [0.25, 0.3) is 11.6 Å². The van der Waals surface area contributed by atoms with Crippen molar-refractivity contribution in [1.29, 1.82) is 5.26 Å². The average Bonchev–Trinajstić information content (AvgIpc) is 2.62. The average molecular weight is 463 g/mol. The van der Waals surface area contributed by atoms with E-state index < -0.39 is 10.8 Å². The Bertz CT molecular complexity index is 919. The van der Waals surface area contributed by atoms with E-state index >= 15 is 0 Å². The lowest BCUT2D eigenvalue weighted by atomic mass is 10.1. The van der Waals surface area contributed by atoms with E-state index in [0.29, 0.717) is 12.2 Å². The van der Waals surface area contributed by atoms with Crippen LogP contribution in [0.1, 0.15) is 12.5 Å². The molecule has 0 aliphatic rings. The lowest BCUT2D eigenvalue weighted by Gasteiger charge is -2.07. The number of benzene rings is 2. The van der Waals surface area contributed by atoms with E-state index in [4.69, 9.17) is 4.74 Å². The fourth-order valence-electron chi connectivity index (χ4n) is 2.09. The first-order chi connectivity index (χ1) is 12.4. The minimum absolute atomic E-state index is 0.114. The molecule has 0 saturated carbocycles. The predicted molar refractivity (Wildman–Crippen MR) is 106 cm³/mol. The first kappa shape index (κ1) is 19.4. The summed E-state index contributed by atoms with van der Waals surface area (Å²) in [6.45, 7) is 2.43. The molecule has 0 atom stereocenters. The van der Waals surface area contributed by atoms with Gasteiger partial charge in [-0.15, -0.1) is 0 Å². The number of ether oxygens (including phenoxy) is 1. The number of carbonyl (C=O) groups is 1. The molecule has 1 amide bonds. The quantitative estimate of drug-likeness (QED) is 0.228. The van der Waals surface area contributed by atoms with Gasteiger partial charge in [0.2, 0.25) is 0 Å². The molecule has 1 N–H and O–H groups in total. The van der Waals surface area contributed by atoms with Gasteiger partial charge in [-0.1, -0.05) is 12.1 Å². The van der Waals surface area contributed by atoms with Gasteiger partial charge in [-0.3, -0.25) is 14.9 Å². The summed E-state index contributed by atoms with van der Waals surface area (Å²) in [6, 6.07) is 12.7. The third kappa shape index (κ3) is 5.03. The standard InChI is InChI=1S/C18H14IN3O4/c1-2-26-17-7-6-12(9-16(17)19)8-13(11-20)18(23)21-14-4-3-5-15(10-14)22(24)25/h3-10H,2H2,1H3,(H,21,23)/b13-8+. The van der Waals surface area contributed by atoms with Crippen LogP contribution in [0.3, 0.4) is 0 Å². The normalized spacial score (nSPS) is 10.7. The van der Waals surface area contributed by atoms with Crippen LogP contribution in [-0.2, 0) is 4.79 Å². The molecular weight excluding hydrogens is 449 g/mol. The number of nitro benzene ring substituents is 1. The zero-order valence-corrected chi connectivity index (χ0v) is 15.9. The molecule has 8 heteroatoms.